The Labute approximate surface area is 155 Å². The summed E-state index contributed by atoms with van der Waals surface area (Å²) in [5, 5.41) is 6.40. The summed E-state index contributed by atoms with van der Waals surface area (Å²) in [6, 6.07) is 6.54. The maximum atomic E-state index is 12.7. The minimum Gasteiger partial charge on any atom is -0.352 e. The maximum absolute atomic E-state index is 12.7. The first-order valence-electron chi connectivity index (χ1n) is 9.35. The van der Waals surface area contributed by atoms with Crippen LogP contribution < -0.4 is 10.6 Å². The Morgan fingerprint density at radius 3 is 2.24 bits per heavy atom. The molecule has 5 heteroatoms. The van der Waals surface area contributed by atoms with Crippen molar-refractivity contribution in [2.45, 2.75) is 70.9 Å². The molecule has 0 aromatic heterocycles. The van der Waals surface area contributed by atoms with Gasteiger partial charge in [-0.05, 0) is 30.9 Å². The highest BCUT2D eigenvalue weighted by molar-refractivity contribution is 6.33. The van der Waals surface area contributed by atoms with Gasteiger partial charge in [-0.1, -0.05) is 69.7 Å². The third-order valence-corrected chi connectivity index (χ3v) is 5.14. The molecular formula is C20H29ClN2O2. The van der Waals surface area contributed by atoms with Gasteiger partial charge in [0.15, 0.2) is 0 Å². The molecule has 2 N–H and O–H groups in total. The van der Waals surface area contributed by atoms with Gasteiger partial charge in [0.25, 0.3) is 5.91 Å². The monoisotopic (exact) mass is 364 g/mol. The van der Waals surface area contributed by atoms with Crippen LogP contribution in [-0.4, -0.2) is 23.9 Å². The minimum absolute atomic E-state index is 0.00000593. The molecule has 2 amide bonds. The van der Waals surface area contributed by atoms with Crippen molar-refractivity contribution in [3.63, 3.8) is 0 Å². The summed E-state index contributed by atoms with van der Waals surface area (Å²) in [6.07, 6.45) is 8.13. The van der Waals surface area contributed by atoms with Crippen LogP contribution in [0.5, 0.6) is 0 Å². The average molecular weight is 365 g/mol. The van der Waals surface area contributed by atoms with E-state index in [1.54, 1.807) is 24.3 Å². The molecular weight excluding hydrogens is 336 g/mol. The molecule has 138 valence electrons. The van der Waals surface area contributed by atoms with Crippen LogP contribution >= 0.6 is 11.6 Å². The SMILES string of the molecule is CC(C)[C@H](NC(=O)c1ccccc1Cl)C(=O)NC1CCCCCCC1. The van der Waals surface area contributed by atoms with E-state index in [1.807, 2.05) is 13.8 Å². The van der Waals surface area contributed by atoms with E-state index in [0.717, 1.165) is 25.7 Å². The first-order valence-corrected chi connectivity index (χ1v) is 9.72. The van der Waals surface area contributed by atoms with Gasteiger partial charge >= 0.3 is 0 Å². The Balaban J connectivity index is 2.00. The largest absolute Gasteiger partial charge is 0.352 e. The summed E-state index contributed by atoms with van der Waals surface area (Å²) in [7, 11) is 0. The lowest BCUT2D eigenvalue weighted by Crippen LogP contribution is -2.52. The second-order valence-corrected chi connectivity index (χ2v) is 7.63. The summed E-state index contributed by atoms with van der Waals surface area (Å²) in [5.41, 5.74) is 0.397. The number of nitrogens with one attached hydrogen (secondary N) is 2. The first kappa shape index (κ1) is 19.8. The van der Waals surface area contributed by atoms with Crippen LogP contribution in [0.1, 0.15) is 69.2 Å². The Hall–Kier alpha value is -1.55. The van der Waals surface area contributed by atoms with E-state index in [9.17, 15) is 9.59 Å². The Morgan fingerprint density at radius 2 is 1.64 bits per heavy atom. The number of halogens is 1. The molecule has 25 heavy (non-hydrogen) atoms. The summed E-state index contributed by atoms with van der Waals surface area (Å²) in [6.45, 7) is 3.88. The van der Waals surface area contributed by atoms with Gasteiger partial charge in [0.05, 0.1) is 10.6 Å². The van der Waals surface area contributed by atoms with Gasteiger partial charge in [-0.15, -0.1) is 0 Å². The van der Waals surface area contributed by atoms with E-state index in [-0.39, 0.29) is 23.8 Å². The molecule has 1 atom stereocenters. The highest BCUT2D eigenvalue weighted by Gasteiger charge is 2.27. The molecule has 1 saturated carbocycles. The molecule has 1 aliphatic rings. The molecule has 2 rings (SSSR count). The molecule has 1 fully saturated rings. The second kappa shape index (κ2) is 9.81. The number of amides is 2. The van der Waals surface area contributed by atoms with Gasteiger partial charge < -0.3 is 10.6 Å². The molecule has 0 spiro atoms. The van der Waals surface area contributed by atoms with E-state index >= 15 is 0 Å². The van der Waals surface area contributed by atoms with Crippen molar-refractivity contribution >= 4 is 23.4 Å². The number of benzene rings is 1. The van der Waals surface area contributed by atoms with E-state index in [4.69, 9.17) is 11.6 Å². The predicted molar refractivity (Wildman–Crippen MR) is 102 cm³/mol. The van der Waals surface area contributed by atoms with Crippen LogP contribution in [0.15, 0.2) is 24.3 Å². The zero-order valence-electron chi connectivity index (χ0n) is 15.2. The topological polar surface area (TPSA) is 58.2 Å². The molecule has 0 unspecified atom stereocenters. The van der Waals surface area contributed by atoms with Crippen LogP contribution in [-0.2, 0) is 4.79 Å². The van der Waals surface area contributed by atoms with Crippen LogP contribution in [0.2, 0.25) is 5.02 Å². The summed E-state index contributed by atoms with van der Waals surface area (Å²) >= 11 is 6.09. The number of carbonyl (C=O) groups is 2. The Bertz CT molecular complexity index is 581. The predicted octanol–water partition coefficient (Wildman–Crippen LogP) is 4.32. The van der Waals surface area contributed by atoms with Crippen molar-refractivity contribution in [3.05, 3.63) is 34.9 Å². The second-order valence-electron chi connectivity index (χ2n) is 7.23. The zero-order valence-corrected chi connectivity index (χ0v) is 15.9. The number of carbonyl (C=O) groups excluding carboxylic acids is 2. The van der Waals surface area contributed by atoms with Crippen molar-refractivity contribution in [2.75, 3.05) is 0 Å². The van der Waals surface area contributed by atoms with Gasteiger partial charge in [0, 0.05) is 6.04 Å². The lowest BCUT2D eigenvalue weighted by molar-refractivity contribution is -0.124. The van der Waals surface area contributed by atoms with Crippen LogP contribution in [0.25, 0.3) is 0 Å². The molecule has 0 saturated heterocycles. The fraction of sp³-hybridized carbons (Fsp3) is 0.600. The molecule has 0 radical (unpaired) electrons. The van der Waals surface area contributed by atoms with E-state index in [2.05, 4.69) is 10.6 Å². The number of rotatable bonds is 5. The van der Waals surface area contributed by atoms with Crippen LogP contribution in [0.3, 0.4) is 0 Å². The van der Waals surface area contributed by atoms with Crippen LogP contribution in [0.4, 0.5) is 0 Å². The molecule has 1 aromatic rings. The molecule has 0 aliphatic heterocycles. The number of hydrogen-bond donors (Lipinski definition) is 2. The molecule has 0 bridgehead atoms. The normalized spacial score (nSPS) is 17.4. The third-order valence-electron chi connectivity index (χ3n) is 4.81. The summed E-state index contributed by atoms with van der Waals surface area (Å²) < 4.78 is 0. The molecule has 0 heterocycles. The van der Waals surface area contributed by atoms with E-state index < -0.39 is 6.04 Å². The highest BCUT2D eigenvalue weighted by atomic mass is 35.5. The lowest BCUT2D eigenvalue weighted by atomic mass is 9.95. The maximum Gasteiger partial charge on any atom is 0.253 e. The average Bonchev–Trinajstić information content (AvgIpc) is 2.54. The number of hydrogen-bond acceptors (Lipinski definition) is 2. The van der Waals surface area contributed by atoms with Gasteiger partial charge in [-0.3, -0.25) is 9.59 Å². The van der Waals surface area contributed by atoms with Crippen molar-refractivity contribution in [2.24, 2.45) is 5.92 Å². The summed E-state index contributed by atoms with van der Waals surface area (Å²) in [4.78, 5) is 25.2. The van der Waals surface area contributed by atoms with Gasteiger partial charge in [-0.25, -0.2) is 0 Å². The molecule has 4 nitrogen and oxygen atoms in total. The van der Waals surface area contributed by atoms with Crippen LogP contribution in [0, 0.1) is 5.92 Å². The lowest BCUT2D eigenvalue weighted by Gasteiger charge is -2.26. The fourth-order valence-corrected chi connectivity index (χ4v) is 3.51. The quantitative estimate of drug-likeness (QED) is 0.817. The van der Waals surface area contributed by atoms with Gasteiger partial charge in [0.2, 0.25) is 5.91 Å². The summed E-state index contributed by atoms with van der Waals surface area (Å²) in [5.74, 6) is -0.405. The third kappa shape index (κ3) is 6.03. The molecule has 1 aliphatic carbocycles. The Morgan fingerprint density at radius 1 is 1.04 bits per heavy atom. The zero-order chi connectivity index (χ0) is 18.2. The van der Waals surface area contributed by atoms with Crippen molar-refractivity contribution in [1.29, 1.82) is 0 Å². The fourth-order valence-electron chi connectivity index (χ4n) is 3.29. The van der Waals surface area contributed by atoms with Crippen molar-refractivity contribution in [1.82, 2.24) is 10.6 Å². The molecule has 1 aromatic carbocycles. The van der Waals surface area contributed by atoms with Crippen molar-refractivity contribution in [3.8, 4) is 0 Å². The first-order chi connectivity index (χ1) is 12.0. The Kier molecular flexibility index (Phi) is 7.76. The smallest absolute Gasteiger partial charge is 0.253 e. The van der Waals surface area contributed by atoms with Gasteiger partial charge in [-0.2, -0.15) is 0 Å². The van der Waals surface area contributed by atoms with E-state index in [0.29, 0.717) is 10.6 Å². The standard InChI is InChI=1S/C20H29ClN2O2/c1-14(2)18(23-19(24)16-12-8-9-13-17(16)21)20(25)22-15-10-6-4-3-5-7-11-15/h8-9,12-15,18H,3-7,10-11H2,1-2H3,(H,22,25)(H,23,24)/t18-/m0/s1. The minimum atomic E-state index is -0.561. The van der Waals surface area contributed by atoms with E-state index in [1.165, 1.54) is 19.3 Å². The van der Waals surface area contributed by atoms with Gasteiger partial charge in [0.1, 0.15) is 6.04 Å². The highest BCUT2D eigenvalue weighted by Crippen LogP contribution is 2.18. The van der Waals surface area contributed by atoms with Crippen molar-refractivity contribution < 1.29 is 9.59 Å².